The van der Waals surface area contributed by atoms with E-state index in [1.54, 1.807) is 37.4 Å². The third kappa shape index (κ3) is 5.78. The molecule has 11 nitrogen and oxygen atoms in total. The Hall–Kier alpha value is -2.83. The number of ether oxygens (including phenoxy) is 2. The highest BCUT2D eigenvalue weighted by Crippen LogP contribution is 2.43. The maximum absolute atomic E-state index is 13.0. The van der Waals surface area contributed by atoms with Crippen LogP contribution in [0.25, 0.3) is 33.1 Å². The summed E-state index contributed by atoms with van der Waals surface area (Å²) in [6.07, 6.45) is 1.33. The molecule has 13 heteroatoms. The van der Waals surface area contributed by atoms with Gasteiger partial charge in [-0.3, -0.25) is 9.42 Å². The van der Waals surface area contributed by atoms with Gasteiger partial charge >= 0.3 is 7.82 Å². The van der Waals surface area contributed by atoms with E-state index < -0.39 is 30.0 Å². The summed E-state index contributed by atoms with van der Waals surface area (Å²) in [4.78, 5) is 29.2. The fraction of sp³-hybridized carbons (Fsp3) is 0.393. The number of hydrogen-bond donors (Lipinski definition) is 3. The van der Waals surface area contributed by atoms with Gasteiger partial charge in [-0.05, 0) is 73.7 Å². The zero-order valence-electron chi connectivity index (χ0n) is 22.7. The molecule has 2 aliphatic rings. The molecule has 1 aliphatic heterocycles. The molecule has 2 atom stereocenters. The summed E-state index contributed by atoms with van der Waals surface area (Å²) in [6, 6.07) is 12.7. The zero-order valence-corrected chi connectivity index (χ0v) is 24.4. The molecule has 2 aromatic carbocycles. The Morgan fingerprint density at radius 2 is 1.90 bits per heavy atom. The van der Waals surface area contributed by atoms with Crippen LogP contribution in [-0.4, -0.2) is 77.0 Å². The molecule has 1 saturated heterocycles. The normalized spacial score (nSPS) is 18.5. The number of sulfone groups is 1. The highest BCUT2D eigenvalue weighted by Gasteiger charge is 2.37. The monoisotopic (exact) mass is 601 g/mol. The van der Waals surface area contributed by atoms with Gasteiger partial charge in [-0.2, -0.15) is 0 Å². The second-order valence-corrected chi connectivity index (χ2v) is 14.0. The summed E-state index contributed by atoms with van der Waals surface area (Å²) in [5.41, 5.74) is 3.77. The van der Waals surface area contributed by atoms with E-state index in [0.29, 0.717) is 61.0 Å². The van der Waals surface area contributed by atoms with E-state index in [1.807, 2.05) is 30.0 Å². The Bertz CT molecular complexity index is 1760. The van der Waals surface area contributed by atoms with Gasteiger partial charge in [0, 0.05) is 30.1 Å². The van der Waals surface area contributed by atoms with Crippen LogP contribution in [0.5, 0.6) is 5.75 Å². The molecule has 1 aliphatic carbocycles. The molecule has 2 fully saturated rings. The smallest absolute Gasteiger partial charge is 0.470 e. The lowest BCUT2D eigenvalue weighted by atomic mass is 9.99. The number of rotatable bonds is 9. The first-order valence-corrected chi connectivity index (χ1v) is 16.6. The van der Waals surface area contributed by atoms with Gasteiger partial charge in [-0.25, -0.2) is 18.0 Å². The molecule has 0 radical (unpaired) electrons. The van der Waals surface area contributed by atoms with Gasteiger partial charge in [-0.1, -0.05) is 12.1 Å². The Balaban J connectivity index is 1.48. The van der Waals surface area contributed by atoms with Gasteiger partial charge in [0.1, 0.15) is 17.5 Å². The van der Waals surface area contributed by atoms with E-state index in [9.17, 15) is 22.8 Å². The van der Waals surface area contributed by atoms with Crippen LogP contribution in [0, 0.1) is 6.92 Å². The van der Waals surface area contributed by atoms with Crippen LogP contribution < -0.4 is 4.74 Å². The van der Waals surface area contributed by atoms with Crippen molar-refractivity contribution in [3.05, 3.63) is 54.2 Å². The summed E-state index contributed by atoms with van der Waals surface area (Å²) >= 11 is 0. The van der Waals surface area contributed by atoms with Gasteiger partial charge < -0.3 is 24.2 Å². The molecule has 3 N–H and O–H groups in total. The minimum Gasteiger partial charge on any atom is -0.470 e. The van der Waals surface area contributed by atoms with Gasteiger partial charge in [0.2, 0.25) is 0 Å². The van der Waals surface area contributed by atoms with Crippen molar-refractivity contribution in [2.24, 2.45) is 0 Å². The maximum Gasteiger partial charge on any atom is 0.470 e. The molecule has 3 heterocycles. The third-order valence-electron chi connectivity index (χ3n) is 7.50. The van der Waals surface area contributed by atoms with E-state index in [4.69, 9.17) is 14.0 Å². The molecule has 0 amide bonds. The topological polar surface area (TPSA) is 151 Å². The van der Waals surface area contributed by atoms with E-state index in [1.165, 1.54) is 0 Å². The number of phosphoric acid groups is 1. The van der Waals surface area contributed by atoms with Crippen LogP contribution in [0.1, 0.15) is 25.3 Å². The molecule has 0 spiro atoms. The number of benzene rings is 2. The van der Waals surface area contributed by atoms with Crippen molar-refractivity contribution in [1.82, 2.24) is 14.9 Å². The zero-order chi connectivity index (χ0) is 28.9. The van der Waals surface area contributed by atoms with Crippen molar-refractivity contribution in [1.29, 1.82) is 0 Å². The second kappa shape index (κ2) is 10.8. The standard InChI is InChI=1S/C28H32N3O8PS/c1-17-14-23-25-22(19-4-3-5-21(15-19)41(35,36)20-6-7-20)8-9-24(26(25)30-27(23)29-16-17)38-28(18(2)39-40(32,33)34)31-10-12-37-13-11-31/h3-5,8-9,14-16,18,20,28H,6-7,10-13H2,1-2H3,(H,29,30)(H2,32,33,34)/t18?,28-/m1/s1. The summed E-state index contributed by atoms with van der Waals surface area (Å²) in [5, 5.41) is 1.33. The lowest BCUT2D eigenvalue weighted by Gasteiger charge is -2.37. The Morgan fingerprint density at radius 3 is 2.61 bits per heavy atom. The first-order chi connectivity index (χ1) is 19.5. The molecule has 4 aromatic rings. The highest BCUT2D eigenvalue weighted by atomic mass is 32.2. The number of hydrogen-bond acceptors (Lipinski definition) is 8. The number of aryl methyl sites for hydroxylation is 1. The number of nitrogens with one attached hydrogen (secondary N) is 1. The molecule has 6 rings (SSSR count). The quantitative estimate of drug-likeness (QED) is 0.239. The van der Waals surface area contributed by atoms with E-state index in [-0.39, 0.29) is 5.25 Å². The Kier molecular flexibility index (Phi) is 7.44. The Morgan fingerprint density at radius 1 is 1.15 bits per heavy atom. The van der Waals surface area contributed by atoms with Crippen LogP contribution in [-0.2, 0) is 23.7 Å². The van der Waals surface area contributed by atoms with Crippen molar-refractivity contribution in [3.63, 3.8) is 0 Å². The average Bonchev–Trinajstić information content (AvgIpc) is 3.73. The van der Waals surface area contributed by atoms with Crippen molar-refractivity contribution in [2.75, 3.05) is 26.3 Å². The van der Waals surface area contributed by atoms with Crippen molar-refractivity contribution >= 4 is 39.6 Å². The van der Waals surface area contributed by atoms with Crippen molar-refractivity contribution in [3.8, 4) is 16.9 Å². The average molecular weight is 602 g/mol. The van der Waals surface area contributed by atoms with E-state index in [2.05, 4.69) is 9.97 Å². The minimum atomic E-state index is -4.78. The molecule has 0 bridgehead atoms. The molecular formula is C28H32N3O8PS. The van der Waals surface area contributed by atoms with Gasteiger partial charge in [0.05, 0.1) is 28.9 Å². The van der Waals surface area contributed by atoms with Gasteiger partial charge in [-0.15, -0.1) is 0 Å². The number of nitrogens with zero attached hydrogens (tertiary/aromatic N) is 2. The lowest BCUT2D eigenvalue weighted by molar-refractivity contribution is -0.0913. The lowest BCUT2D eigenvalue weighted by Crippen LogP contribution is -2.51. The summed E-state index contributed by atoms with van der Waals surface area (Å²) in [6.45, 7) is 5.41. The fourth-order valence-corrected chi connectivity index (χ4v) is 7.65. The predicted octanol–water partition coefficient (Wildman–Crippen LogP) is 4.16. The van der Waals surface area contributed by atoms with Crippen LogP contribution in [0.4, 0.5) is 0 Å². The highest BCUT2D eigenvalue weighted by molar-refractivity contribution is 7.92. The number of aromatic nitrogens is 2. The third-order valence-corrected chi connectivity index (χ3v) is 10.4. The summed E-state index contributed by atoms with van der Waals surface area (Å²) in [7, 11) is -8.17. The van der Waals surface area contributed by atoms with Gasteiger partial charge in [0.15, 0.2) is 16.1 Å². The predicted molar refractivity (Wildman–Crippen MR) is 153 cm³/mol. The number of H-pyrrole nitrogens is 1. The largest absolute Gasteiger partial charge is 0.470 e. The van der Waals surface area contributed by atoms with Crippen LogP contribution in [0.2, 0.25) is 0 Å². The van der Waals surface area contributed by atoms with Crippen LogP contribution in [0.3, 0.4) is 0 Å². The van der Waals surface area contributed by atoms with Crippen LogP contribution >= 0.6 is 7.82 Å². The van der Waals surface area contributed by atoms with Crippen molar-refractivity contribution < 1.29 is 36.8 Å². The number of morpholine rings is 1. The molecule has 2 aromatic heterocycles. The van der Waals surface area contributed by atoms with Crippen molar-refractivity contribution in [2.45, 2.75) is 49.2 Å². The molecule has 1 unspecified atom stereocenters. The number of aromatic amines is 1. The molecule has 218 valence electrons. The van der Waals surface area contributed by atoms with Gasteiger partial charge in [0.25, 0.3) is 0 Å². The SMILES string of the molecule is Cc1cnc2[nH]c3c(O[C@H](C(C)OP(=O)(O)O)N4CCOCC4)ccc(-c4cccc(S(=O)(=O)C5CC5)c4)c3c2c1. The van der Waals surface area contributed by atoms with E-state index >= 15 is 0 Å². The second-order valence-electron chi connectivity index (χ2n) is 10.6. The first kappa shape index (κ1) is 28.3. The fourth-order valence-electron chi connectivity index (χ4n) is 5.41. The van der Waals surface area contributed by atoms with Crippen LogP contribution in [0.15, 0.2) is 53.6 Å². The van der Waals surface area contributed by atoms with E-state index in [0.717, 1.165) is 27.5 Å². The number of fused-ring (bicyclic) bond motifs is 3. The first-order valence-electron chi connectivity index (χ1n) is 13.5. The molecular weight excluding hydrogens is 569 g/mol. The molecule has 1 saturated carbocycles. The molecule has 41 heavy (non-hydrogen) atoms. The Labute approximate surface area is 237 Å². The minimum absolute atomic E-state index is 0.302. The summed E-state index contributed by atoms with van der Waals surface area (Å²) in [5.74, 6) is 0.443. The number of phosphoric ester groups is 1. The summed E-state index contributed by atoms with van der Waals surface area (Å²) < 4.78 is 54.8. The number of pyridine rings is 1. The maximum atomic E-state index is 13.0.